The third kappa shape index (κ3) is 5.14. The molecule has 2 fully saturated rings. The van der Waals surface area contributed by atoms with Crippen molar-refractivity contribution in [2.45, 2.75) is 32.4 Å². The normalized spacial score (nSPS) is 19.5. The molecule has 8 heteroatoms. The number of carbonyl (C=O) groups is 2. The average Bonchev–Trinajstić information content (AvgIpc) is 3.47. The smallest absolute Gasteiger partial charge is 0.245 e. The molecule has 0 spiro atoms. The van der Waals surface area contributed by atoms with Crippen molar-refractivity contribution in [2.24, 2.45) is 0 Å². The summed E-state index contributed by atoms with van der Waals surface area (Å²) in [4.78, 5) is 31.6. The highest BCUT2D eigenvalue weighted by Gasteiger charge is 2.35. The molecule has 0 radical (unpaired) electrons. The Balaban J connectivity index is 1.53. The highest BCUT2D eigenvalue weighted by atomic mass is 16.5. The van der Waals surface area contributed by atoms with Crippen LogP contribution in [0.3, 0.4) is 0 Å². The van der Waals surface area contributed by atoms with Crippen LogP contribution in [0, 0.1) is 0 Å². The first-order valence-electron chi connectivity index (χ1n) is 11.1. The van der Waals surface area contributed by atoms with E-state index in [0.29, 0.717) is 19.6 Å². The van der Waals surface area contributed by atoms with Gasteiger partial charge in [0.25, 0.3) is 0 Å². The Hall–Kier alpha value is -2.71. The van der Waals surface area contributed by atoms with Gasteiger partial charge in [0, 0.05) is 45.8 Å². The van der Waals surface area contributed by atoms with E-state index >= 15 is 0 Å². The number of carbonyl (C=O) groups excluding carboxylic acids is 2. The molecule has 0 bridgehead atoms. The molecular weight excluding hydrogens is 394 g/mol. The number of hydrogen-bond acceptors (Lipinski definition) is 5. The first-order valence-corrected chi connectivity index (χ1v) is 11.1. The lowest BCUT2D eigenvalue weighted by molar-refractivity contribution is -0.143. The van der Waals surface area contributed by atoms with E-state index in [2.05, 4.69) is 10.00 Å². The average molecular weight is 426 g/mol. The number of ether oxygens (including phenoxy) is 1. The molecule has 0 saturated carbocycles. The second-order valence-electron chi connectivity index (χ2n) is 8.15. The maximum atomic E-state index is 13.6. The minimum atomic E-state index is -0.365. The Kier molecular flexibility index (Phi) is 6.99. The largest absolute Gasteiger partial charge is 0.379 e. The zero-order valence-electron chi connectivity index (χ0n) is 18.2. The van der Waals surface area contributed by atoms with Crippen LogP contribution in [-0.4, -0.2) is 88.3 Å². The molecule has 3 heterocycles. The van der Waals surface area contributed by atoms with Crippen LogP contribution < -0.4 is 0 Å². The number of aromatic nitrogens is 2. The summed E-state index contributed by atoms with van der Waals surface area (Å²) in [6.45, 7) is 7.30. The molecule has 1 aromatic heterocycles. The van der Waals surface area contributed by atoms with Gasteiger partial charge in [-0.25, -0.2) is 4.68 Å². The van der Waals surface area contributed by atoms with E-state index in [-0.39, 0.29) is 17.9 Å². The van der Waals surface area contributed by atoms with Crippen molar-refractivity contribution >= 4 is 11.8 Å². The molecule has 2 aromatic rings. The maximum Gasteiger partial charge on any atom is 0.245 e. The Morgan fingerprint density at radius 3 is 2.65 bits per heavy atom. The summed E-state index contributed by atoms with van der Waals surface area (Å²) in [6, 6.07) is 11.5. The molecule has 0 aliphatic carbocycles. The summed E-state index contributed by atoms with van der Waals surface area (Å²) in [5, 5.41) is 4.48. The Morgan fingerprint density at radius 2 is 1.90 bits per heavy atom. The highest BCUT2D eigenvalue weighted by molar-refractivity contribution is 5.87. The van der Waals surface area contributed by atoms with Gasteiger partial charge < -0.3 is 14.5 Å². The van der Waals surface area contributed by atoms with Crippen molar-refractivity contribution in [3.05, 3.63) is 48.3 Å². The first kappa shape index (κ1) is 21.5. The van der Waals surface area contributed by atoms with Gasteiger partial charge in [0.1, 0.15) is 6.04 Å². The Morgan fingerprint density at radius 1 is 1.13 bits per heavy atom. The van der Waals surface area contributed by atoms with Crippen LogP contribution in [0.15, 0.2) is 42.6 Å². The zero-order valence-corrected chi connectivity index (χ0v) is 18.2. The molecule has 0 N–H and O–H groups in total. The minimum absolute atomic E-state index is 0.0293. The molecule has 2 amide bonds. The number of likely N-dealkylation sites (tertiary alicyclic amines) is 1. The number of hydrogen-bond donors (Lipinski definition) is 0. The third-order valence-electron chi connectivity index (χ3n) is 6.12. The maximum absolute atomic E-state index is 13.6. The van der Waals surface area contributed by atoms with Crippen LogP contribution in [0.4, 0.5) is 0 Å². The van der Waals surface area contributed by atoms with E-state index in [1.807, 2.05) is 46.0 Å². The van der Waals surface area contributed by atoms with Crippen LogP contribution in [0.1, 0.15) is 25.5 Å². The van der Waals surface area contributed by atoms with Crippen molar-refractivity contribution in [2.75, 3.05) is 45.9 Å². The molecule has 166 valence electrons. The van der Waals surface area contributed by atoms with Gasteiger partial charge >= 0.3 is 0 Å². The van der Waals surface area contributed by atoms with Crippen LogP contribution in [0.25, 0.3) is 5.69 Å². The molecule has 2 saturated heterocycles. The summed E-state index contributed by atoms with van der Waals surface area (Å²) in [5.74, 6) is 0.0000720. The number of para-hydroxylation sites is 1. The summed E-state index contributed by atoms with van der Waals surface area (Å²) in [5.41, 5.74) is 1.92. The molecule has 31 heavy (non-hydrogen) atoms. The third-order valence-corrected chi connectivity index (χ3v) is 6.12. The predicted octanol–water partition coefficient (Wildman–Crippen LogP) is 1.54. The lowest BCUT2D eigenvalue weighted by Crippen LogP contribution is -2.49. The van der Waals surface area contributed by atoms with Gasteiger partial charge in [-0.05, 0) is 31.0 Å². The fourth-order valence-electron chi connectivity index (χ4n) is 4.41. The van der Waals surface area contributed by atoms with E-state index in [9.17, 15) is 9.59 Å². The zero-order chi connectivity index (χ0) is 21.6. The fourth-order valence-corrected chi connectivity index (χ4v) is 4.41. The lowest BCUT2D eigenvalue weighted by Gasteiger charge is -2.33. The molecule has 1 atom stereocenters. The number of rotatable bonds is 7. The van der Waals surface area contributed by atoms with Crippen molar-refractivity contribution in [3.63, 3.8) is 0 Å². The van der Waals surface area contributed by atoms with Gasteiger partial charge in [-0.1, -0.05) is 18.2 Å². The fraction of sp³-hybridized carbons (Fsp3) is 0.522. The Labute approximate surface area is 183 Å². The van der Waals surface area contributed by atoms with Crippen LogP contribution >= 0.6 is 0 Å². The quantitative estimate of drug-likeness (QED) is 0.673. The van der Waals surface area contributed by atoms with Crippen LogP contribution in [0.2, 0.25) is 0 Å². The SMILES string of the molecule is CC(=O)N1CCC[C@@H]1C(=O)N(CCN1CCOCC1)Cc1ccnn1-c1ccccc1. The van der Waals surface area contributed by atoms with E-state index in [1.165, 1.54) is 0 Å². The number of morpholine rings is 1. The Bertz CT molecular complexity index is 878. The summed E-state index contributed by atoms with van der Waals surface area (Å²) >= 11 is 0. The topological polar surface area (TPSA) is 70.9 Å². The van der Waals surface area contributed by atoms with Gasteiger partial charge in [0.15, 0.2) is 0 Å². The molecular formula is C23H31N5O3. The highest BCUT2D eigenvalue weighted by Crippen LogP contribution is 2.21. The van der Waals surface area contributed by atoms with Crippen LogP contribution in [-0.2, 0) is 20.9 Å². The summed E-state index contributed by atoms with van der Waals surface area (Å²) in [7, 11) is 0. The van der Waals surface area contributed by atoms with E-state index in [1.54, 1.807) is 18.0 Å². The molecule has 2 aliphatic heterocycles. The van der Waals surface area contributed by atoms with E-state index in [4.69, 9.17) is 4.74 Å². The number of nitrogens with zero attached hydrogens (tertiary/aromatic N) is 5. The first-order chi connectivity index (χ1) is 15.1. The van der Waals surface area contributed by atoms with Crippen LogP contribution in [0.5, 0.6) is 0 Å². The van der Waals surface area contributed by atoms with Crippen molar-refractivity contribution in [3.8, 4) is 5.69 Å². The van der Waals surface area contributed by atoms with Gasteiger partial charge in [-0.2, -0.15) is 5.10 Å². The summed E-state index contributed by atoms with van der Waals surface area (Å²) < 4.78 is 7.33. The second-order valence-corrected chi connectivity index (χ2v) is 8.15. The second kappa shape index (κ2) is 10.1. The predicted molar refractivity (Wildman–Crippen MR) is 117 cm³/mol. The standard InChI is InChI=1S/C23H31N5O3/c1-19(29)27-11-5-8-22(27)23(30)26(13-12-25-14-16-31-17-15-25)18-21-9-10-24-28(21)20-6-3-2-4-7-20/h2-4,6-7,9-10,22H,5,8,11-18H2,1H3/t22-/m1/s1. The number of amides is 2. The van der Waals surface area contributed by atoms with E-state index in [0.717, 1.165) is 57.1 Å². The van der Waals surface area contributed by atoms with Gasteiger partial charge in [-0.3, -0.25) is 14.5 Å². The monoisotopic (exact) mass is 425 g/mol. The van der Waals surface area contributed by atoms with Crippen molar-refractivity contribution < 1.29 is 14.3 Å². The lowest BCUT2D eigenvalue weighted by atomic mass is 10.1. The molecule has 4 rings (SSSR count). The molecule has 8 nitrogen and oxygen atoms in total. The van der Waals surface area contributed by atoms with Crippen molar-refractivity contribution in [1.82, 2.24) is 24.5 Å². The molecule has 1 aromatic carbocycles. The van der Waals surface area contributed by atoms with E-state index < -0.39 is 0 Å². The van der Waals surface area contributed by atoms with Gasteiger partial charge in [-0.15, -0.1) is 0 Å². The van der Waals surface area contributed by atoms with Gasteiger partial charge in [0.2, 0.25) is 11.8 Å². The van der Waals surface area contributed by atoms with Gasteiger partial charge in [0.05, 0.1) is 31.1 Å². The summed E-state index contributed by atoms with van der Waals surface area (Å²) in [6.07, 6.45) is 3.37. The molecule has 0 unspecified atom stereocenters. The number of benzene rings is 1. The molecule has 2 aliphatic rings. The van der Waals surface area contributed by atoms with Crippen molar-refractivity contribution in [1.29, 1.82) is 0 Å². The minimum Gasteiger partial charge on any atom is -0.379 e.